The van der Waals surface area contributed by atoms with Gasteiger partial charge in [-0.3, -0.25) is 4.79 Å². The van der Waals surface area contributed by atoms with Gasteiger partial charge in [-0.1, -0.05) is 23.7 Å². The molecule has 0 bridgehead atoms. The van der Waals surface area contributed by atoms with Gasteiger partial charge < -0.3 is 5.32 Å². The van der Waals surface area contributed by atoms with E-state index >= 15 is 0 Å². The highest BCUT2D eigenvalue weighted by molar-refractivity contribution is 6.30. The molecule has 0 aliphatic heterocycles. The average molecular weight is 374 g/mol. The molecule has 0 spiro atoms. The van der Waals surface area contributed by atoms with Crippen LogP contribution in [0.2, 0.25) is 5.02 Å². The molecule has 3 aromatic rings. The zero-order chi connectivity index (χ0) is 18.7. The van der Waals surface area contributed by atoms with Crippen LogP contribution in [0.25, 0.3) is 11.4 Å². The van der Waals surface area contributed by atoms with E-state index < -0.39 is 0 Å². The summed E-state index contributed by atoms with van der Waals surface area (Å²) in [6.07, 6.45) is 0. The molecule has 2 aromatic carbocycles. The smallest absolute Gasteiger partial charge is 0.244 e. The largest absolute Gasteiger partial charge is 0.348 e. The second-order valence-corrected chi connectivity index (χ2v) is 6.38. The number of carbonyl (C=O) groups excluding carboxylic acids is 1. The maximum atomic E-state index is 13.4. The van der Waals surface area contributed by atoms with Gasteiger partial charge in [-0.15, -0.1) is 10.2 Å². The van der Waals surface area contributed by atoms with Crippen molar-refractivity contribution in [3.05, 3.63) is 64.4 Å². The van der Waals surface area contributed by atoms with Crippen molar-refractivity contribution in [2.24, 2.45) is 0 Å². The minimum atomic E-state index is -0.295. The molecule has 0 saturated heterocycles. The molecule has 1 heterocycles. The fourth-order valence-electron chi connectivity index (χ4n) is 2.46. The molecule has 1 atom stereocenters. The summed E-state index contributed by atoms with van der Waals surface area (Å²) >= 11 is 5.87. The van der Waals surface area contributed by atoms with Crippen molar-refractivity contribution < 1.29 is 9.18 Å². The maximum absolute atomic E-state index is 13.4. The standard InChI is InChI=1S/C18H17ClFN5O/c1-11-9-14(5-8-16(11)20)18-22-24-25(23-18)10-17(26)21-12(2)13-3-6-15(19)7-4-13/h3-9,12H,10H2,1-2H3,(H,21,26). The van der Waals surface area contributed by atoms with Gasteiger partial charge in [0.2, 0.25) is 11.7 Å². The van der Waals surface area contributed by atoms with Gasteiger partial charge in [0.1, 0.15) is 12.4 Å². The zero-order valence-corrected chi connectivity index (χ0v) is 15.0. The second kappa shape index (κ2) is 7.61. The number of benzene rings is 2. The Morgan fingerprint density at radius 2 is 2.00 bits per heavy atom. The van der Waals surface area contributed by atoms with E-state index in [9.17, 15) is 9.18 Å². The highest BCUT2D eigenvalue weighted by Crippen LogP contribution is 2.18. The molecule has 0 aliphatic rings. The summed E-state index contributed by atoms with van der Waals surface area (Å²) in [5.41, 5.74) is 2.08. The van der Waals surface area contributed by atoms with E-state index in [1.807, 2.05) is 19.1 Å². The van der Waals surface area contributed by atoms with Crippen molar-refractivity contribution in [2.75, 3.05) is 0 Å². The number of amides is 1. The lowest BCUT2D eigenvalue weighted by Crippen LogP contribution is -2.30. The third-order valence-electron chi connectivity index (χ3n) is 3.90. The van der Waals surface area contributed by atoms with Gasteiger partial charge in [0.15, 0.2) is 0 Å². The van der Waals surface area contributed by atoms with Crippen LogP contribution in [-0.4, -0.2) is 26.1 Å². The summed E-state index contributed by atoms with van der Waals surface area (Å²) in [7, 11) is 0. The van der Waals surface area contributed by atoms with Crippen LogP contribution in [0, 0.1) is 12.7 Å². The lowest BCUT2D eigenvalue weighted by Gasteiger charge is -2.14. The lowest BCUT2D eigenvalue weighted by molar-refractivity contribution is -0.122. The molecular formula is C18H17ClFN5O. The first-order valence-corrected chi connectivity index (χ1v) is 8.39. The number of carbonyl (C=O) groups is 1. The van der Waals surface area contributed by atoms with Crippen molar-refractivity contribution in [1.29, 1.82) is 0 Å². The third kappa shape index (κ3) is 4.23. The predicted octanol–water partition coefficient (Wildman–Crippen LogP) is 3.32. The first-order valence-electron chi connectivity index (χ1n) is 8.01. The summed E-state index contributed by atoms with van der Waals surface area (Å²) in [5.74, 6) is -0.199. The highest BCUT2D eigenvalue weighted by atomic mass is 35.5. The van der Waals surface area contributed by atoms with E-state index in [1.54, 1.807) is 31.2 Å². The van der Waals surface area contributed by atoms with Gasteiger partial charge in [0.05, 0.1) is 6.04 Å². The van der Waals surface area contributed by atoms with Crippen LogP contribution in [0.1, 0.15) is 24.1 Å². The molecule has 0 fully saturated rings. The number of halogens is 2. The van der Waals surface area contributed by atoms with E-state index in [0.717, 1.165) is 5.56 Å². The van der Waals surface area contributed by atoms with Crippen LogP contribution in [0.15, 0.2) is 42.5 Å². The second-order valence-electron chi connectivity index (χ2n) is 5.95. The number of hydrogen-bond acceptors (Lipinski definition) is 4. The summed E-state index contributed by atoms with van der Waals surface area (Å²) in [4.78, 5) is 13.4. The Hall–Kier alpha value is -2.80. The van der Waals surface area contributed by atoms with E-state index in [2.05, 4.69) is 20.7 Å². The van der Waals surface area contributed by atoms with Gasteiger partial charge in [0.25, 0.3) is 0 Å². The van der Waals surface area contributed by atoms with Crippen LogP contribution < -0.4 is 5.32 Å². The topological polar surface area (TPSA) is 72.7 Å². The zero-order valence-electron chi connectivity index (χ0n) is 14.3. The number of aromatic nitrogens is 4. The maximum Gasteiger partial charge on any atom is 0.244 e. The van der Waals surface area contributed by atoms with E-state index in [1.165, 1.54) is 10.9 Å². The van der Waals surface area contributed by atoms with Gasteiger partial charge in [-0.2, -0.15) is 4.80 Å². The Labute approximate surface area is 155 Å². The minimum Gasteiger partial charge on any atom is -0.348 e. The fraction of sp³-hybridized carbons (Fsp3) is 0.222. The number of hydrogen-bond donors (Lipinski definition) is 1. The Morgan fingerprint density at radius 3 is 2.69 bits per heavy atom. The summed E-state index contributed by atoms with van der Waals surface area (Å²) in [5, 5.41) is 15.5. The Bertz CT molecular complexity index is 926. The van der Waals surface area contributed by atoms with Gasteiger partial charge >= 0.3 is 0 Å². The molecule has 8 heteroatoms. The van der Waals surface area contributed by atoms with Crippen LogP contribution in [0.5, 0.6) is 0 Å². The van der Waals surface area contributed by atoms with Crippen LogP contribution in [0.3, 0.4) is 0 Å². The molecule has 6 nitrogen and oxygen atoms in total. The lowest BCUT2D eigenvalue weighted by atomic mass is 10.1. The number of aryl methyl sites for hydroxylation is 1. The minimum absolute atomic E-state index is 0.0644. The summed E-state index contributed by atoms with van der Waals surface area (Å²) < 4.78 is 13.4. The summed E-state index contributed by atoms with van der Waals surface area (Å²) in [6, 6.07) is 11.6. The molecule has 1 amide bonds. The molecule has 0 saturated carbocycles. The Kier molecular flexibility index (Phi) is 5.27. The molecule has 0 radical (unpaired) electrons. The highest BCUT2D eigenvalue weighted by Gasteiger charge is 2.13. The van der Waals surface area contributed by atoms with Crippen molar-refractivity contribution in [3.63, 3.8) is 0 Å². The molecule has 1 unspecified atom stereocenters. The quantitative estimate of drug-likeness (QED) is 0.744. The first kappa shape index (κ1) is 18.0. The van der Waals surface area contributed by atoms with Crippen molar-refractivity contribution in [2.45, 2.75) is 26.4 Å². The van der Waals surface area contributed by atoms with Crippen LogP contribution in [-0.2, 0) is 11.3 Å². The Balaban J connectivity index is 1.64. The predicted molar refractivity (Wildman–Crippen MR) is 96.0 cm³/mol. The SMILES string of the molecule is Cc1cc(-c2nnn(CC(=O)NC(C)c3ccc(Cl)cc3)n2)ccc1F. The van der Waals surface area contributed by atoms with E-state index in [4.69, 9.17) is 11.6 Å². The normalized spacial score (nSPS) is 12.0. The monoisotopic (exact) mass is 373 g/mol. The van der Waals surface area contributed by atoms with Gasteiger partial charge in [-0.05, 0) is 60.5 Å². The molecule has 1 N–H and O–H groups in total. The third-order valence-corrected chi connectivity index (χ3v) is 4.15. The number of nitrogens with zero attached hydrogens (tertiary/aromatic N) is 4. The molecule has 26 heavy (non-hydrogen) atoms. The fourth-order valence-corrected chi connectivity index (χ4v) is 2.59. The molecule has 1 aromatic heterocycles. The van der Waals surface area contributed by atoms with Crippen LogP contribution in [0.4, 0.5) is 4.39 Å². The van der Waals surface area contributed by atoms with E-state index in [0.29, 0.717) is 22.0 Å². The first-order chi connectivity index (χ1) is 12.4. The molecule has 134 valence electrons. The van der Waals surface area contributed by atoms with Crippen molar-refractivity contribution in [3.8, 4) is 11.4 Å². The van der Waals surface area contributed by atoms with Crippen molar-refractivity contribution in [1.82, 2.24) is 25.5 Å². The number of tetrazole rings is 1. The molecule has 0 aliphatic carbocycles. The number of rotatable bonds is 5. The van der Waals surface area contributed by atoms with E-state index in [-0.39, 0.29) is 24.3 Å². The molecular weight excluding hydrogens is 357 g/mol. The van der Waals surface area contributed by atoms with Crippen molar-refractivity contribution >= 4 is 17.5 Å². The molecule has 3 rings (SSSR count). The van der Waals surface area contributed by atoms with Crippen LogP contribution >= 0.6 is 11.6 Å². The Morgan fingerprint density at radius 1 is 1.27 bits per heavy atom. The van der Waals surface area contributed by atoms with Gasteiger partial charge in [-0.25, -0.2) is 4.39 Å². The average Bonchev–Trinajstić information content (AvgIpc) is 3.06. The number of nitrogens with one attached hydrogen (secondary N) is 1. The summed E-state index contributed by atoms with van der Waals surface area (Å²) in [6.45, 7) is 3.47. The van der Waals surface area contributed by atoms with Gasteiger partial charge in [0, 0.05) is 10.6 Å².